The third-order valence-corrected chi connectivity index (χ3v) is 4.62. The van der Waals surface area contributed by atoms with Crippen LogP contribution in [0, 0.1) is 20.2 Å². The Balaban J connectivity index is 2.14. The number of aromatic hydroxyl groups is 1. The molecule has 0 aliphatic rings. The topological polar surface area (TPSA) is 206 Å². The molecule has 0 bridgehead atoms. The van der Waals surface area contributed by atoms with Crippen LogP contribution in [0.4, 0.5) is 22.7 Å². The summed E-state index contributed by atoms with van der Waals surface area (Å²) in [6, 6.07) is 8.88. The minimum absolute atomic E-state index is 0.0875. The van der Waals surface area contributed by atoms with Gasteiger partial charge in [0.15, 0.2) is 0 Å². The second kappa shape index (κ2) is 9.05. The maximum absolute atomic E-state index is 11.4. The molecule has 0 unspecified atom stereocenters. The molecule has 0 fully saturated rings. The number of hydrogen-bond donors (Lipinski definition) is 3. The fraction of sp³-hybridized carbons (Fsp3) is 0.100. The quantitative estimate of drug-likeness (QED) is 0.248. The molecule has 3 aromatic rings. The molecule has 0 amide bonds. The zero-order valence-corrected chi connectivity index (χ0v) is 16.5. The number of carbonyl (C=O) groups is 2. The molecule has 168 valence electrons. The van der Waals surface area contributed by atoms with Crippen molar-refractivity contribution >= 4 is 45.5 Å². The van der Waals surface area contributed by atoms with E-state index in [1.807, 2.05) is 0 Å². The Labute approximate surface area is 183 Å². The van der Waals surface area contributed by atoms with E-state index < -0.39 is 44.4 Å². The van der Waals surface area contributed by atoms with Crippen molar-refractivity contribution in [3.8, 4) is 5.75 Å². The summed E-state index contributed by atoms with van der Waals surface area (Å²) >= 11 is 0. The number of phenols is 1. The first-order chi connectivity index (χ1) is 15.6. The largest absolute Gasteiger partial charge is 0.506 e. The number of azo groups is 1. The highest BCUT2D eigenvalue weighted by Crippen LogP contribution is 2.42. The smallest absolute Gasteiger partial charge is 0.336 e. The molecular formula is C20H14N4O9. The Hall–Kier alpha value is -4.94. The summed E-state index contributed by atoms with van der Waals surface area (Å²) in [5, 5.41) is 59.3. The van der Waals surface area contributed by atoms with Crippen molar-refractivity contribution in [1.29, 1.82) is 0 Å². The maximum Gasteiger partial charge on any atom is 0.336 e. The number of nitro benzene ring substituents is 2. The van der Waals surface area contributed by atoms with Crippen LogP contribution < -0.4 is 0 Å². The predicted octanol–water partition coefficient (Wildman–Crippen LogP) is 4.49. The summed E-state index contributed by atoms with van der Waals surface area (Å²) in [6.45, 7) is 0. The van der Waals surface area contributed by atoms with Gasteiger partial charge in [-0.15, -0.1) is 10.2 Å². The minimum Gasteiger partial charge on any atom is -0.506 e. The molecule has 0 radical (unpaired) electrons. The number of rotatable bonds is 8. The lowest BCUT2D eigenvalue weighted by Crippen LogP contribution is -2.01. The molecule has 13 nitrogen and oxygen atoms in total. The van der Waals surface area contributed by atoms with Gasteiger partial charge in [-0.05, 0) is 23.4 Å². The predicted molar refractivity (Wildman–Crippen MR) is 112 cm³/mol. The molecule has 0 spiro atoms. The molecule has 0 saturated heterocycles. The van der Waals surface area contributed by atoms with Gasteiger partial charge in [-0.1, -0.05) is 24.3 Å². The number of aromatic carboxylic acids is 1. The number of nitrogens with zero attached hydrogens (tertiary/aromatic N) is 4. The number of carboxylic acids is 2. The standard InChI is InChI=1S/C20H14N4O9/c25-16-5-3-11-7-10(2-6-17(26)27)1-4-13(11)18(16)21-22-19-14(23(30)31)8-12(20(28)29)9-15(19)24(32)33/h1,3-5,7-9,25H,2,6H2,(H,26,27)(H,28,29). The van der Waals surface area contributed by atoms with Gasteiger partial charge in [0.25, 0.3) is 0 Å². The SMILES string of the molecule is O=C(O)CCc1ccc2c(N=Nc3c([N+](=O)[O-])cc(C(=O)O)cc3[N+](=O)[O-])c(O)ccc2c1. The lowest BCUT2D eigenvalue weighted by atomic mass is 10.0. The molecular weight excluding hydrogens is 440 g/mol. The van der Waals surface area contributed by atoms with Gasteiger partial charge < -0.3 is 15.3 Å². The molecule has 0 aromatic heterocycles. The Kier molecular flexibility index (Phi) is 6.24. The Morgan fingerprint density at radius 1 is 0.879 bits per heavy atom. The third kappa shape index (κ3) is 4.87. The van der Waals surface area contributed by atoms with Crippen LogP contribution in [0.1, 0.15) is 22.3 Å². The van der Waals surface area contributed by atoms with Crippen molar-refractivity contribution in [1.82, 2.24) is 0 Å². The highest BCUT2D eigenvalue weighted by Gasteiger charge is 2.29. The van der Waals surface area contributed by atoms with Crippen LogP contribution in [0.25, 0.3) is 10.8 Å². The second-order valence-corrected chi connectivity index (χ2v) is 6.76. The van der Waals surface area contributed by atoms with Gasteiger partial charge in [0, 0.05) is 23.9 Å². The van der Waals surface area contributed by atoms with E-state index >= 15 is 0 Å². The third-order valence-electron chi connectivity index (χ3n) is 4.62. The van der Waals surface area contributed by atoms with Crippen LogP contribution in [0.5, 0.6) is 5.75 Å². The summed E-state index contributed by atoms with van der Waals surface area (Å²) in [5.41, 5.74) is -2.78. The van der Waals surface area contributed by atoms with Crippen LogP contribution in [-0.4, -0.2) is 37.1 Å². The van der Waals surface area contributed by atoms with Crippen molar-refractivity contribution in [2.45, 2.75) is 12.8 Å². The molecule has 0 atom stereocenters. The van der Waals surface area contributed by atoms with Gasteiger partial charge in [-0.2, -0.15) is 0 Å². The first-order valence-corrected chi connectivity index (χ1v) is 9.16. The summed E-state index contributed by atoms with van der Waals surface area (Å²) in [4.78, 5) is 42.7. The van der Waals surface area contributed by atoms with E-state index in [1.165, 1.54) is 12.1 Å². The van der Waals surface area contributed by atoms with E-state index in [0.29, 0.717) is 28.5 Å². The van der Waals surface area contributed by atoms with Crippen molar-refractivity contribution in [3.63, 3.8) is 0 Å². The highest BCUT2D eigenvalue weighted by molar-refractivity contribution is 5.96. The van der Waals surface area contributed by atoms with E-state index in [-0.39, 0.29) is 24.3 Å². The number of aliphatic carboxylic acids is 1. The average Bonchev–Trinajstić information content (AvgIpc) is 2.76. The van der Waals surface area contributed by atoms with Crippen molar-refractivity contribution in [2.75, 3.05) is 0 Å². The van der Waals surface area contributed by atoms with Gasteiger partial charge in [0.1, 0.15) is 11.4 Å². The number of aryl methyl sites for hydroxylation is 1. The van der Waals surface area contributed by atoms with Crippen molar-refractivity contribution < 1.29 is 34.8 Å². The monoisotopic (exact) mass is 454 g/mol. The molecule has 0 heterocycles. The van der Waals surface area contributed by atoms with E-state index in [4.69, 9.17) is 10.2 Å². The number of fused-ring (bicyclic) bond motifs is 1. The normalized spacial score (nSPS) is 11.0. The minimum atomic E-state index is -1.60. The van der Waals surface area contributed by atoms with E-state index in [2.05, 4.69) is 10.2 Å². The van der Waals surface area contributed by atoms with Gasteiger partial charge in [0.2, 0.25) is 5.69 Å². The molecule has 33 heavy (non-hydrogen) atoms. The Morgan fingerprint density at radius 2 is 1.48 bits per heavy atom. The Bertz CT molecular complexity index is 1320. The zero-order valence-electron chi connectivity index (χ0n) is 16.5. The van der Waals surface area contributed by atoms with Gasteiger partial charge in [0.05, 0.1) is 15.4 Å². The lowest BCUT2D eigenvalue weighted by molar-refractivity contribution is -0.392. The first kappa shape index (κ1) is 22.7. The Morgan fingerprint density at radius 3 is 2.03 bits per heavy atom. The van der Waals surface area contributed by atoms with Gasteiger partial charge >= 0.3 is 23.3 Å². The molecule has 13 heteroatoms. The van der Waals surface area contributed by atoms with Crippen LogP contribution >= 0.6 is 0 Å². The summed E-state index contributed by atoms with van der Waals surface area (Å²) in [6.07, 6.45) is 0.174. The molecule has 3 aromatic carbocycles. The van der Waals surface area contributed by atoms with Crippen LogP contribution in [0.3, 0.4) is 0 Å². The van der Waals surface area contributed by atoms with Crippen LogP contribution in [0.15, 0.2) is 52.7 Å². The zero-order chi connectivity index (χ0) is 24.3. The number of hydrogen-bond acceptors (Lipinski definition) is 9. The number of phenolic OH excluding ortho intramolecular Hbond substituents is 1. The van der Waals surface area contributed by atoms with Crippen LogP contribution in [-0.2, 0) is 11.2 Å². The molecule has 0 aliphatic carbocycles. The summed E-state index contributed by atoms with van der Waals surface area (Å²) in [5.74, 6) is -2.93. The van der Waals surface area contributed by atoms with Gasteiger partial charge in [-0.3, -0.25) is 25.0 Å². The fourth-order valence-electron chi connectivity index (χ4n) is 3.07. The molecule has 0 aliphatic heterocycles. The number of benzene rings is 3. The van der Waals surface area contributed by atoms with E-state index in [0.717, 1.165) is 0 Å². The maximum atomic E-state index is 11.4. The molecule has 0 saturated carbocycles. The number of carboxylic acid groups (broad SMARTS) is 2. The van der Waals surface area contributed by atoms with Crippen molar-refractivity contribution in [3.05, 3.63) is 73.8 Å². The summed E-state index contributed by atoms with van der Waals surface area (Å²) < 4.78 is 0. The van der Waals surface area contributed by atoms with E-state index in [9.17, 15) is 34.9 Å². The highest BCUT2D eigenvalue weighted by atomic mass is 16.6. The second-order valence-electron chi connectivity index (χ2n) is 6.76. The number of nitro groups is 2. The van der Waals surface area contributed by atoms with E-state index in [1.54, 1.807) is 18.2 Å². The van der Waals surface area contributed by atoms with Crippen LogP contribution in [0.2, 0.25) is 0 Å². The molecule has 3 N–H and O–H groups in total. The summed E-state index contributed by atoms with van der Waals surface area (Å²) in [7, 11) is 0. The molecule has 3 rings (SSSR count). The van der Waals surface area contributed by atoms with Gasteiger partial charge in [-0.25, -0.2) is 4.79 Å². The van der Waals surface area contributed by atoms with Crippen molar-refractivity contribution in [2.24, 2.45) is 10.2 Å². The lowest BCUT2D eigenvalue weighted by Gasteiger charge is -2.07. The fourth-order valence-corrected chi connectivity index (χ4v) is 3.07. The average molecular weight is 454 g/mol. The first-order valence-electron chi connectivity index (χ1n) is 9.16.